The maximum absolute atomic E-state index is 12.1. The lowest BCUT2D eigenvalue weighted by molar-refractivity contribution is -0.117. The Kier molecular flexibility index (Phi) is 5.51. The lowest BCUT2D eigenvalue weighted by Crippen LogP contribution is -2.69. The molecule has 8 heteroatoms. The topological polar surface area (TPSA) is 90.5 Å². The first kappa shape index (κ1) is 16.4. The Hall–Kier alpha value is -1.93. The van der Waals surface area contributed by atoms with Gasteiger partial charge in [0.1, 0.15) is 10.8 Å². The first-order chi connectivity index (χ1) is 10.5. The van der Waals surface area contributed by atoms with E-state index in [2.05, 4.69) is 16.0 Å². The van der Waals surface area contributed by atoms with E-state index in [9.17, 15) is 14.4 Å². The van der Waals surface area contributed by atoms with E-state index in [0.29, 0.717) is 17.8 Å². The number of anilines is 1. The minimum atomic E-state index is -0.631. The van der Waals surface area contributed by atoms with Crippen LogP contribution in [0.2, 0.25) is 0 Å². The molecule has 1 aromatic heterocycles. The van der Waals surface area contributed by atoms with Crippen LogP contribution in [-0.4, -0.2) is 30.2 Å². The fourth-order valence-electron chi connectivity index (χ4n) is 2.20. The highest BCUT2D eigenvalue weighted by Crippen LogP contribution is 2.22. The largest absolute Gasteiger partial charge is 0.333 e. The van der Waals surface area contributed by atoms with Crippen LogP contribution in [0.1, 0.15) is 33.1 Å². The van der Waals surface area contributed by atoms with E-state index in [0.717, 1.165) is 11.3 Å². The first-order valence-electron chi connectivity index (χ1n) is 7.21. The maximum Gasteiger partial charge on any atom is 0.333 e. The van der Waals surface area contributed by atoms with Crippen molar-refractivity contribution in [2.75, 3.05) is 4.90 Å². The quantitative estimate of drug-likeness (QED) is 0.715. The molecule has 0 saturated carbocycles. The average Bonchev–Trinajstić information content (AvgIpc) is 2.96. The summed E-state index contributed by atoms with van der Waals surface area (Å²) in [7, 11) is 0. The van der Waals surface area contributed by atoms with Crippen LogP contribution in [-0.2, 0) is 4.79 Å². The van der Waals surface area contributed by atoms with Crippen molar-refractivity contribution in [3.8, 4) is 0 Å². The summed E-state index contributed by atoms with van der Waals surface area (Å²) in [5.74, 6) is 0.126. The second-order valence-corrected chi connectivity index (χ2v) is 6.06. The Bertz CT molecular complexity index is 528. The molecule has 1 aliphatic rings. The van der Waals surface area contributed by atoms with Crippen LogP contribution in [0.3, 0.4) is 0 Å². The Labute approximate surface area is 133 Å². The number of nitrogens with one attached hydrogen (secondary N) is 3. The van der Waals surface area contributed by atoms with Crippen LogP contribution in [0, 0.1) is 0 Å². The smallest absolute Gasteiger partial charge is 0.304 e. The van der Waals surface area contributed by atoms with E-state index >= 15 is 0 Å². The Morgan fingerprint density at radius 3 is 2.59 bits per heavy atom. The molecule has 4 amide bonds. The number of hydrogen-bond donors (Lipinski definition) is 3. The first-order valence-corrected chi connectivity index (χ1v) is 8.09. The number of ketones is 1. The second kappa shape index (κ2) is 7.37. The van der Waals surface area contributed by atoms with Gasteiger partial charge in [-0.15, -0.1) is 11.3 Å². The summed E-state index contributed by atoms with van der Waals surface area (Å²) < 4.78 is 0. The number of rotatable bonds is 7. The Morgan fingerprint density at radius 1 is 1.41 bits per heavy atom. The average molecular weight is 324 g/mol. The van der Waals surface area contributed by atoms with Crippen LogP contribution >= 0.6 is 11.3 Å². The molecule has 2 rings (SSSR count). The van der Waals surface area contributed by atoms with E-state index < -0.39 is 18.4 Å². The van der Waals surface area contributed by atoms with Gasteiger partial charge in [-0.1, -0.05) is 6.92 Å². The number of urea groups is 2. The van der Waals surface area contributed by atoms with Gasteiger partial charge in [0.25, 0.3) is 0 Å². The van der Waals surface area contributed by atoms with Gasteiger partial charge in [-0.05, 0) is 37.3 Å². The molecule has 1 saturated heterocycles. The zero-order valence-electron chi connectivity index (χ0n) is 12.6. The third-order valence-corrected chi connectivity index (χ3v) is 4.26. The third-order valence-electron chi connectivity index (χ3n) is 3.41. The number of carbonyl (C=O) groups is 3. The van der Waals surface area contributed by atoms with Crippen molar-refractivity contribution in [2.24, 2.45) is 0 Å². The predicted molar refractivity (Wildman–Crippen MR) is 84.8 cm³/mol. The van der Waals surface area contributed by atoms with E-state index in [1.165, 1.54) is 11.3 Å². The van der Waals surface area contributed by atoms with Crippen LogP contribution in [0.4, 0.5) is 14.6 Å². The molecule has 2 heterocycles. The molecule has 22 heavy (non-hydrogen) atoms. The van der Waals surface area contributed by atoms with Crippen molar-refractivity contribution in [2.45, 2.75) is 45.4 Å². The molecule has 120 valence electrons. The number of imide groups is 1. The zero-order valence-corrected chi connectivity index (χ0v) is 13.4. The summed E-state index contributed by atoms with van der Waals surface area (Å²) in [5, 5.41) is 10.9. The van der Waals surface area contributed by atoms with Gasteiger partial charge in [0.05, 0.1) is 0 Å². The normalized spacial score (nSPS) is 17.1. The summed E-state index contributed by atoms with van der Waals surface area (Å²) >= 11 is 1.31. The molecule has 1 unspecified atom stereocenters. The van der Waals surface area contributed by atoms with Gasteiger partial charge in [0.15, 0.2) is 6.29 Å². The molecule has 0 aliphatic carbocycles. The van der Waals surface area contributed by atoms with Gasteiger partial charge in [0, 0.05) is 12.5 Å². The molecular weight excluding hydrogens is 304 g/mol. The van der Waals surface area contributed by atoms with Gasteiger partial charge >= 0.3 is 12.1 Å². The van der Waals surface area contributed by atoms with Crippen LogP contribution in [0.25, 0.3) is 0 Å². The number of nitrogens with zero attached hydrogens (tertiary/aromatic N) is 1. The van der Waals surface area contributed by atoms with Crippen molar-refractivity contribution < 1.29 is 14.4 Å². The SMILES string of the molecule is CCC(CCC(C)=O)NC1NC(=O)N(c2cccs2)C(=O)N1. The number of amides is 4. The lowest BCUT2D eigenvalue weighted by Gasteiger charge is -2.34. The highest BCUT2D eigenvalue weighted by atomic mass is 32.1. The van der Waals surface area contributed by atoms with Crippen LogP contribution < -0.4 is 20.9 Å². The second-order valence-electron chi connectivity index (χ2n) is 5.13. The summed E-state index contributed by atoms with van der Waals surface area (Å²) in [6.45, 7) is 3.54. The van der Waals surface area contributed by atoms with Gasteiger partial charge in [-0.25, -0.2) is 14.5 Å². The molecule has 0 spiro atoms. The van der Waals surface area contributed by atoms with E-state index in [1.54, 1.807) is 24.4 Å². The fourth-order valence-corrected chi connectivity index (χ4v) is 2.93. The molecule has 1 aromatic rings. The summed E-state index contributed by atoms with van der Waals surface area (Å²) in [6, 6.07) is 2.59. The Balaban J connectivity index is 1.94. The molecule has 0 bridgehead atoms. The summed E-state index contributed by atoms with van der Waals surface area (Å²) in [4.78, 5) is 36.4. The molecule has 3 N–H and O–H groups in total. The lowest BCUT2D eigenvalue weighted by atomic mass is 10.1. The van der Waals surface area contributed by atoms with Crippen molar-refractivity contribution in [3.05, 3.63) is 17.5 Å². The maximum atomic E-state index is 12.1. The highest BCUT2D eigenvalue weighted by Gasteiger charge is 2.33. The predicted octanol–water partition coefficient (Wildman–Crippen LogP) is 2.01. The minimum Gasteiger partial charge on any atom is -0.304 e. The van der Waals surface area contributed by atoms with Gasteiger partial charge in [-0.2, -0.15) is 0 Å². The van der Waals surface area contributed by atoms with Gasteiger partial charge in [0.2, 0.25) is 0 Å². The van der Waals surface area contributed by atoms with E-state index in [1.807, 2.05) is 6.92 Å². The van der Waals surface area contributed by atoms with Crippen molar-refractivity contribution in [3.63, 3.8) is 0 Å². The highest BCUT2D eigenvalue weighted by molar-refractivity contribution is 7.14. The number of thiophene rings is 1. The third kappa shape index (κ3) is 4.05. The minimum absolute atomic E-state index is 0.0442. The monoisotopic (exact) mass is 324 g/mol. The van der Waals surface area contributed by atoms with Crippen molar-refractivity contribution in [1.82, 2.24) is 16.0 Å². The van der Waals surface area contributed by atoms with E-state index in [-0.39, 0.29) is 11.8 Å². The summed E-state index contributed by atoms with van der Waals surface area (Å²) in [5.41, 5.74) is 0. The van der Waals surface area contributed by atoms with E-state index in [4.69, 9.17) is 0 Å². The number of hydrogen-bond acceptors (Lipinski definition) is 5. The van der Waals surface area contributed by atoms with Gasteiger partial charge in [-0.3, -0.25) is 5.32 Å². The molecule has 7 nitrogen and oxygen atoms in total. The van der Waals surface area contributed by atoms with Crippen molar-refractivity contribution >= 4 is 34.2 Å². The molecule has 0 aromatic carbocycles. The number of carbonyl (C=O) groups excluding carboxylic acids is 3. The summed E-state index contributed by atoms with van der Waals surface area (Å²) in [6.07, 6.45) is 1.31. The number of Topliss-reactive ketones (excluding diaryl/α,β-unsaturated/α-hetero) is 1. The molecular formula is C14H20N4O3S. The Morgan fingerprint density at radius 2 is 2.09 bits per heavy atom. The van der Waals surface area contributed by atoms with Crippen LogP contribution in [0.15, 0.2) is 17.5 Å². The zero-order chi connectivity index (χ0) is 16.1. The molecule has 0 radical (unpaired) electrons. The fraction of sp³-hybridized carbons (Fsp3) is 0.500. The standard InChI is InChI=1S/C14H20N4O3S/c1-3-10(7-6-9(2)19)15-12-16-13(20)18(14(21)17-12)11-5-4-8-22-11/h4-5,8,10,12,15H,3,6-7H2,1-2H3,(H,16,20)(H,17,21). The van der Waals surface area contributed by atoms with Gasteiger partial charge < -0.3 is 15.4 Å². The molecule has 1 fully saturated rings. The van der Waals surface area contributed by atoms with Crippen molar-refractivity contribution in [1.29, 1.82) is 0 Å². The molecule has 1 atom stereocenters. The molecule has 1 aliphatic heterocycles. The van der Waals surface area contributed by atoms with Crippen LogP contribution in [0.5, 0.6) is 0 Å².